The Balaban J connectivity index is 1.91. The van der Waals surface area contributed by atoms with Crippen LogP contribution in [-0.4, -0.2) is 28.3 Å². The van der Waals surface area contributed by atoms with E-state index < -0.39 is 0 Å². The number of nitrogens with zero attached hydrogens (tertiary/aromatic N) is 3. The van der Waals surface area contributed by atoms with Crippen LogP contribution in [0.15, 0.2) is 27.2 Å². The van der Waals surface area contributed by atoms with Gasteiger partial charge in [-0.1, -0.05) is 6.92 Å². The number of nitrogens with one attached hydrogen (secondary N) is 1. The van der Waals surface area contributed by atoms with Gasteiger partial charge in [-0.3, -0.25) is 0 Å². The summed E-state index contributed by atoms with van der Waals surface area (Å²) in [6.45, 7) is 4.18. The first kappa shape index (κ1) is 14.1. The van der Waals surface area contributed by atoms with E-state index >= 15 is 0 Å². The van der Waals surface area contributed by atoms with Gasteiger partial charge in [0.05, 0.1) is 0 Å². The van der Waals surface area contributed by atoms with Crippen LogP contribution in [0, 0.1) is 0 Å². The van der Waals surface area contributed by atoms with Crippen LogP contribution >= 0.6 is 15.9 Å². The Morgan fingerprint density at radius 1 is 1.32 bits per heavy atom. The maximum absolute atomic E-state index is 5.61. The van der Waals surface area contributed by atoms with E-state index in [0.717, 1.165) is 36.8 Å². The summed E-state index contributed by atoms with van der Waals surface area (Å²) in [5.41, 5.74) is 0.686. The Hall–Kier alpha value is -1.27. The minimum atomic E-state index is 0.462. The van der Waals surface area contributed by atoms with Crippen LogP contribution in [0.5, 0.6) is 0 Å². The summed E-state index contributed by atoms with van der Waals surface area (Å²) >= 11 is 3.42. The molecule has 0 atom stereocenters. The fourth-order valence-electron chi connectivity index (χ4n) is 1.66. The Kier molecular flexibility index (Phi) is 5.47. The molecule has 0 spiro atoms. The molecule has 2 aromatic heterocycles. The first-order chi connectivity index (χ1) is 9.31. The molecule has 0 unspecified atom stereocenters. The molecule has 0 saturated carbocycles. The van der Waals surface area contributed by atoms with Crippen LogP contribution in [0.2, 0.25) is 0 Å². The predicted octanol–water partition coefficient (Wildman–Crippen LogP) is 2.83. The third kappa shape index (κ3) is 4.11. The molecule has 0 bridgehead atoms. The molecule has 19 heavy (non-hydrogen) atoms. The van der Waals surface area contributed by atoms with Crippen molar-refractivity contribution in [1.29, 1.82) is 0 Å². The maximum Gasteiger partial charge on any atom is 0.267 e. The van der Waals surface area contributed by atoms with Crippen molar-refractivity contribution < 1.29 is 4.42 Å². The van der Waals surface area contributed by atoms with Crippen molar-refractivity contribution in [2.45, 2.75) is 26.2 Å². The number of aryl methyl sites for hydroxylation is 1. The first-order valence-corrected chi connectivity index (χ1v) is 7.24. The van der Waals surface area contributed by atoms with Crippen molar-refractivity contribution in [2.75, 3.05) is 13.1 Å². The van der Waals surface area contributed by atoms with E-state index in [2.05, 4.69) is 43.4 Å². The second-order valence-electron chi connectivity index (χ2n) is 4.19. The van der Waals surface area contributed by atoms with E-state index in [4.69, 9.17) is 4.42 Å². The molecule has 6 heteroatoms. The third-order valence-electron chi connectivity index (χ3n) is 2.60. The van der Waals surface area contributed by atoms with Crippen LogP contribution in [0.3, 0.4) is 0 Å². The van der Waals surface area contributed by atoms with E-state index in [9.17, 15) is 0 Å². The average molecular weight is 325 g/mol. The van der Waals surface area contributed by atoms with Gasteiger partial charge in [-0.2, -0.15) is 0 Å². The molecule has 2 rings (SSSR count). The molecule has 0 radical (unpaired) electrons. The van der Waals surface area contributed by atoms with Gasteiger partial charge in [0.1, 0.15) is 5.69 Å². The standard InChI is InChI=1S/C13H17BrN4O/c1-2-7-15-8-4-6-11-17-18-13(19-11)12-10(14)5-3-9-16-12/h3,5,9,15H,2,4,6-8H2,1H3. The zero-order valence-electron chi connectivity index (χ0n) is 10.9. The van der Waals surface area contributed by atoms with Gasteiger partial charge in [-0.05, 0) is 54.0 Å². The van der Waals surface area contributed by atoms with Crippen molar-refractivity contribution in [3.8, 4) is 11.6 Å². The normalized spacial score (nSPS) is 10.8. The molecule has 0 amide bonds. The largest absolute Gasteiger partial charge is 0.419 e. The lowest BCUT2D eigenvalue weighted by atomic mass is 10.3. The summed E-state index contributed by atoms with van der Waals surface area (Å²) in [4.78, 5) is 4.23. The van der Waals surface area contributed by atoms with Crippen molar-refractivity contribution >= 4 is 15.9 Å². The SMILES string of the molecule is CCCNCCCc1nnc(-c2ncccc2Br)o1. The van der Waals surface area contributed by atoms with Gasteiger partial charge < -0.3 is 9.73 Å². The first-order valence-electron chi connectivity index (χ1n) is 6.45. The van der Waals surface area contributed by atoms with Crippen LogP contribution in [0.25, 0.3) is 11.6 Å². The molecular formula is C13H17BrN4O. The number of hydrogen-bond donors (Lipinski definition) is 1. The Morgan fingerprint density at radius 2 is 2.21 bits per heavy atom. The van der Waals surface area contributed by atoms with E-state index in [-0.39, 0.29) is 0 Å². The van der Waals surface area contributed by atoms with E-state index in [1.165, 1.54) is 0 Å². The zero-order chi connectivity index (χ0) is 13.5. The van der Waals surface area contributed by atoms with Crippen LogP contribution in [0.1, 0.15) is 25.7 Å². The highest BCUT2D eigenvalue weighted by molar-refractivity contribution is 9.10. The van der Waals surface area contributed by atoms with Gasteiger partial charge in [-0.25, -0.2) is 4.98 Å². The van der Waals surface area contributed by atoms with Crippen molar-refractivity contribution in [3.63, 3.8) is 0 Å². The number of pyridine rings is 1. The lowest BCUT2D eigenvalue weighted by Gasteiger charge is -2.00. The highest BCUT2D eigenvalue weighted by Crippen LogP contribution is 2.24. The second-order valence-corrected chi connectivity index (χ2v) is 5.04. The molecule has 0 saturated heterocycles. The van der Waals surface area contributed by atoms with Gasteiger partial charge in [-0.15, -0.1) is 10.2 Å². The highest BCUT2D eigenvalue weighted by atomic mass is 79.9. The van der Waals surface area contributed by atoms with E-state index in [1.807, 2.05) is 12.1 Å². The van der Waals surface area contributed by atoms with Crippen LogP contribution in [-0.2, 0) is 6.42 Å². The van der Waals surface area contributed by atoms with Gasteiger partial charge in [0, 0.05) is 17.1 Å². The van der Waals surface area contributed by atoms with Gasteiger partial charge in [0.25, 0.3) is 5.89 Å². The summed E-state index contributed by atoms with van der Waals surface area (Å²) in [5.74, 6) is 1.12. The van der Waals surface area contributed by atoms with Gasteiger partial charge >= 0.3 is 0 Å². The molecule has 1 N–H and O–H groups in total. The minimum absolute atomic E-state index is 0.462. The maximum atomic E-state index is 5.61. The number of hydrogen-bond acceptors (Lipinski definition) is 5. The molecule has 0 fully saturated rings. The molecule has 0 aliphatic heterocycles. The Bertz CT molecular complexity index is 515. The summed E-state index contributed by atoms with van der Waals surface area (Å²) < 4.78 is 6.47. The molecule has 102 valence electrons. The minimum Gasteiger partial charge on any atom is -0.419 e. The molecule has 0 aliphatic rings. The lowest BCUT2D eigenvalue weighted by molar-refractivity contribution is 0.490. The monoisotopic (exact) mass is 324 g/mol. The van der Waals surface area contributed by atoms with Crippen molar-refractivity contribution in [1.82, 2.24) is 20.5 Å². The lowest BCUT2D eigenvalue weighted by Crippen LogP contribution is -2.16. The smallest absolute Gasteiger partial charge is 0.267 e. The van der Waals surface area contributed by atoms with E-state index in [1.54, 1.807) is 6.20 Å². The summed E-state index contributed by atoms with van der Waals surface area (Å²) in [6, 6.07) is 3.76. The summed E-state index contributed by atoms with van der Waals surface area (Å²) in [5, 5.41) is 11.4. The quantitative estimate of drug-likeness (QED) is 0.793. The number of rotatable bonds is 7. The van der Waals surface area contributed by atoms with Crippen molar-refractivity contribution in [3.05, 3.63) is 28.7 Å². The van der Waals surface area contributed by atoms with Crippen LogP contribution in [0.4, 0.5) is 0 Å². The Morgan fingerprint density at radius 3 is 3.00 bits per heavy atom. The second kappa shape index (κ2) is 7.35. The van der Waals surface area contributed by atoms with Crippen LogP contribution < -0.4 is 5.32 Å². The zero-order valence-corrected chi connectivity index (χ0v) is 12.5. The average Bonchev–Trinajstić information content (AvgIpc) is 2.88. The fraction of sp³-hybridized carbons (Fsp3) is 0.462. The highest BCUT2D eigenvalue weighted by Gasteiger charge is 2.12. The van der Waals surface area contributed by atoms with Gasteiger partial charge in [0.2, 0.25) is 5.89 Å². The molecule has 2 heterocycles. The Labute approximate surface area is 121 Å². The molecule has 0 aliphatic carbocycles. The topological polar surface area (TPSA) is 63.8 Å². The number of aromatic nitrogens is 3. The molecular weight excluding hydrogens is 308 g/mol. The molecule has 0 aromatic carbocycles. The summed E-state index contributed by atoms with van der Waals surface area (Å²) in [7, 11) is 0. The van der Waals surface area contributed by atoms with Crippen molar-refractivity contribution in [2.24, 2.45) is 0 Å². The summed E-state index contributed by atoms with van der Waals surface area (Å²) in [6.07, 6.45) is 4.64. The number of halogens is 1. The van der Waals surface area contributed by atoms with Gasteiger partial charge in [0.15, 0.2) is 0 Å². The van der Waals surface area contributed by atoms with E-state index in [0.29, 0.717) is 17.5 Å². The molecule has 2 aromatic rings. The predicted molar refractivity (Wildman–Crippen MR) is 76.7 cm³/mol. The third-order valence-corrected chi connectivity index (χ3v) is 3.24. The molecule has 5 nitrogen and oxygen atoms in total. The fourth-order valence-corrected chi connectivity index (χ4v) is 2.08.